The topological polar surface area (TPSA) is 58.4 Å². The maximum atomic E-state index is 11.5. The largest absolute Gasteiger partial charge is 0.393 e. The number of likely N-dealkylation sites (N-methyl/N-ethyl adjacent to an activating group) is 1. The number of rotatable bonds is 7. The highest BCUT2D eigenvalue weighted by molar-refractivity contribution is 7.80. The maximum Gasteiger partial charge on any atom is 0.234 e. The van der Waals surface area contributed by atoms with Gasteiger partial charge in [0.1, 0.15) is 0 Å². The zero-order valence-corrected chi connectivity index (χ0v) is 10.8. The molecule has 0 heterocycles. The van der Waals surface area contributed by atoms with E-state index in [9.17, 15) is 4.79 Å². The molecule has 0 aromatic carbocycles. The Bertz CT molecular complexity index is 266. The van der Waals surface area contributed by atoms with Crippen molar-refractivity contribution in [1.29, 1.82) is 0 Å². The SMILES string of the molecule is CC(CN(C)CC(=O)NCC1CC1)C(N)=S. The molecule has 4 nitrogen and oxygen atoms in total. The van der Waals surface area contributed by atoms with Crippen LogP contribution in [-0.4, -0.2) is 42.5 Å². The van der Waals surface area contributed by atoms with Crippen LogP contribution >= 0.6 is 12.2 Å². The van der Waals surface area contributed by atoms with E-state index in [1.54, 1.807) is 0 Å². The highest BCUT2D eigenvalue weighted by Crippen LogP contribution is 2.27. The minimum Gasteiger partial charge on any atom is -0.393 e. The van der Waals surface area contributed by atoms with Gasteiger partial charge in [-0.2, -0.15) is 0 Å². The van der Waals surface area contributed by atoms with Crippen molar-refractivity contribution in [2.45, 2.75) is 19.8 Å². The second-order valence-corrected chi connectivity index (χ2v) is 5.22. The molecular weight excluding hydrogens is 222 g/mol. The van der Waals surface area contributed by atoms with Crippen LogP contribution in [-0.2, 0) is 4.79 Å². The van der Waals surface area contributed by atoms with Crippen LogP contribution in [0.3, 0.4) is 0 Å². The molecule has 0 aromatic rings. The fraction of sp³-hybridized carbons (Fsp3) is 0.818. The highest BCUT2D eigenvalue weighted by atomic mass is 32.1. The van der Waals surface area contributed by atoms with Gasteiger partial charge in [-0.1, -0.05) is 19.1 Å². The fourth-order valence-electron chi connectivity index (χ4n) is 1.50. The molecule has 1 fully saturated rings. The normalized spacial score (nSPS) is 17.2. The van der Waals surface area contributed by atoms with Crippen molar-refractivity contribution in [3.05, 3.63) is 0 Å². The number of thiocarbonyl (C=S) groups is 1. The number of nitrogens with two attached hydrogens (primary N) is 1. The number of nitrogens with zero attached hydrogens (tertiary/aromatic N) is 1. The molecule has 16 heavy (non-hydrogen) atoms. The van der Waals surface area contributed by atoms with Crippen LogP contribution < -0.4 is 11.1 Å². The molecular formula is C11H21N3OS. The Morgan fingerprint density at radius 3 is 2.75 bits per heavy atom. The van der Waals surface area contributed by atoms with Crippen molar-refractivity contribution in [1.82, 2.24) is 10.2 Å². The van der Waals surface area contributed by atoms with Crippen molar-refractivity contribution in [3.8, 4) is 0 Å². The molecule has 92 valence electrons. The molecule has 1 amide bonds. The first-order valence-electron chi connectivity index (χ1n) is 5.73. The molecule has 0 spiro atoms. The van der Waals surface area contributed by atoms with Gasteiger partial charge in [-0.05, 0) is 25.8 Å². The molecule has 0 saturated heterocycles. The predicted molar refractivity (Wildman–Crippen MR) is 69.2 cm³/mol. The summed E-state index contributed by atoms with van der Waals surface area (Å²) in [5, 5.41) is 2.93. The van der Waals surface area contributed by atoms with E-state index in [1.807, 2.05) is 18.9 Å². The number of hydrogen-bond acceptors (Lipinski definition) is 3. The summed E-state index contributed by atoms with van der Waals surface area (Å²) in [6.07, 6.45) is 2.52. The van der Waals surface area contributed by atoms with Gasteiger partial charge < -0.3 is 11.1 Å². The van der Waals surface area contributed by atoms with E-state index in [1.165, 1.54) is 12.8 Å². The summed E-state index contributed by atoms with van der Waals surface area (Å²) in [6, 6.07) is 0. The van der Waals surface area contributed by atoms with E-state index < -0.39 is 0 Å². The number of carbonyl (C=O) groups is 1. The first kappa shape index (κ1) is 13.4. The molecule has 1 saturated carbocycles. The molecule has 1 unspecified atom stereocenters. The van der Waals surface area contributed by atoms with Gasteiger partial charge in [-0.3, -0.25) is 9.69 Å². The first-order valence-corrected chi connectivity index (χ1v) is 6.14. The molecule has 0 bridgehead atoms. The zero-order valence-electron chi connectivity index (χ0n) is 10.0. The van der Waals surface area contributed by atoms with Gasteiger partial charge in [0, 0.05) is 19.0 Å². The Labute approximate surface area is 103 Å². The lowest BCUT2D eigenvalue weighted by molar-refractivity contribution is -0.122. The maximum absolute atomic E-state index is 11.5. The van der Waals surface area contributed by atoms with E-state index in [0.717, 1.165) is 19.0 Å². The molecule has 1 rings (SSSR count). The van der Waals surface area contributed by atoms with Crippen LogP contribution in [0, 0.1) is 11.8 Å². The van der Waals surface area contributed by atoms with Crippen LogP contribution in [0.15, 0.2) is 0 Å². The van der Waals surface area contributed by atoms with Crippen molar-refractivity contribution >= 4 is 23.1 Å². The average molecular weight is 243 g/mol. The molecule has 0 radical (unpaired) electrons. The summed E-state index contributed by atoms with van der Waals surface area (Å²) >= 11 is 4.89. The zero-order chi connectivity index (χ0) is 12.1. The van der Waals surface area contributed by atoms with Gasteiger partial charge in [0.05, 0.1) is 11.5 Å². The lowest BCUT2D eigenvalue weighted by Gasteiger charge is -2.19. The smallest absolute Gasteiger partial charge is 0.234 e. The molecule has 0 aliphatic heterocycles. The van der Waals surface area contributed by atoms with Gasteiger partial charge in [-0.25, -0.2) is 0 Å². The second-order valence-electron chi connectivity index (χ2n) is 4.75. The number of amides is 1. The number of nitrogens with one attached hydrogen (secondary N) is 1. The van der Waals surface area contributed by atoms with Crippen LogP contribution in [0.4, 0.5) is 0 Å². The third-order valence-corrected chi connectivity index (χ3v) is 3.17. The summed E-state index contributed by atoms with van der Waals surface area (Å²) in [4.78, 5) is 14.0. The van der Waals surface area contributed by atoms with E-state index in [-0.39, 0.29) is 11.8 Å². The third-order valence-electron chi connectivity index (χ3n) is 2.77. The quantitative estimate of drug-likeness (QED) is 0.634. The minimum atomic E-state index is 0.0875. The number of hydrogen-bond donors (Lipinski definition) is 2. The van der Waals surface area contributed by atoms with Crippen molar-refractivity contribution in [3.63, 3.8) is 0 Å². The first-order chi connectivity index (χ1) is 7.49. The Morgan fingerprint density at radius 1 is 1.62 bits per heavy atom. The van der Waals surface area contributed by atoms with Gasteiger partial charge in [-0.15, -0.1) is 0 Å². The Morgan fingerprint density at radius 2 is 2.25 bits per heavy atom. The summed E-state index contributed by atoms with van der Waals surface area (Å²) in [5.41, 5.74) is 5.53. The summed E-state index contributed by atoms with van der Waals surface area (Å²) in [5.74, 6) is 0.963. The van der Waals surface area contributed by atoms with E-state index in [2.05, 4.69) is 5.32 Å². The van der Waals surface area contributed by atoms with Gasteiger partial charge in [0.25, 0.3) is 0 Å². The Balaban J connectivity index is 2.13. The summed E-state index contributed by atoms with van der Waals surface area (Å²) in [6.45, 7) is 3.95. The fourth-order valence-corrected chi connectivity index (χ4v) is 1.58. The minimum absolute atomic E-state index is 0.0875. The van der Waals surface area contributed by atoms with E-state index >= 15 is 0 Å². The van der Waals surface area contributed by atoms with Crippen molar-refractivity contribution < 1.29 is 4.79 Å². The third kappa shape index (κ3) is 5.42. The van der Waals surface area contributed by atoms with Crippen LogP contribution in [0.5, 0.6) is 0 Å². The van der Waals surface area contributed by atoms with Gasteiger partial charge >= 0.3 is 0 Å². The van der Waals surface area contributed by atoms with E-state index in [0.29, 0.717) is 11.5 Å². The monoisotopic (exact) mass is 243 g/mol. The molecule has 1 aliphatic carbocycles. The molecule has 0 aromatic heterocycles. The predicted octanol–water partition coefficient (Wildman–Crippen LogP) is 0.367. The Hall–Kier alpha value is -0.680. The van der Waals surface area contributed by atoms with Crippen LogP contribution in [0.1, 0.15) is 19.8 Å². The molecule has 1 atom stereocenters. The van der Waals surface area contributed by atoms with Crippen molar-refractivity contribution in [2.75, 3.05) is 26.7 Å². The Kier molecular flexibility index (Phi) is 5.15. The molecule has 5 heteroatoms. The summed E-state index contributed by atoms with van der Waals surface area (Å²) in [7, 11) is 1.91. The van der Waals surface area contributed by atoms with Crippen LogP contribution in [0.2, 0.25) is 0 Å². The lowest BCUT2D eigenvalue weighted by atomic mass is 10.2. The lowest BCUT2D eigenvalue weighted by Crippen LogP contribution is -2.39. The molecule has 3 N–H and O–H groups in total. The summed E-state index contributed by atoms with van der Waals surface area (Å²) < 4.78 is 0. The highest BCUT2D eigenvalue weighted by Gasteiger charge is 2.21. The second kappa shape index (κ2) is 6.15. The van der Waals surface area contributed by atoms with Gasteiger partial charge in [0.15, 0.2) is 0 Å². The van der Waals surface area contributed by atoms with Crippen LogP contribution in [0.25, 0.3) is 0 Å². The van der Waals surface area contributed by atoms with Gasteiger partial charge in [0.2, 0.25) is 5.91 Å². The van der Waals surface area contributed by atoms with E-state index in [4.69, 9.17) is 18.0 Å². The number of carbonyl (C=O) groups excluding carboxylic acids is 1. The molecule has 1 aliphatic rings. The van der Waals surface area contributed by atoms with Crippen molar-refractivity contribution in [2.24, 2.45) is 17.6 Å². The standard InChI is InChI=1S/C11H21N3OS/c1-8(11(12)16)6-14(2)7-10(15)13-5-9-3-4-9/h8-9H,3-7H2,1-2H3,(H2,12,16)(H,13,15). The average Bonchev–Trinajstić information content (AvgIpc) is 2.97.